The summed E-state index contributed by atoms with van der Waals surface area (Å²) >= 11 is 0. The molecular formula is C19H19NO3. The molecular weight excluding hydrogens is 290 g/mol. The predicted molar refractivity (Wildman–Crippen MR) is 90.8 cm³/mol. The van der Waals surface area contributed by atoms with Crippen molar-refractivity contribution in [3.8, 4) is 5.75 Å². The van der Waals surface area contributed by atoms with Crippen molar-refractivity contribution in [3.05, 3.63) is 71.9 Å². The lowest BCUT2D eigenvalue weighted by atomic mass is 10.1. The third kappa shape index (κ3) is 4.07. The van der Waals surface area contributed by atoms with Gasteiger partial charge >= 0.3 is 5.97 Å². The normalized spacial score (nSPS) is 9.83. The average Bonchev–Trinajstić information content (AvgIpc) is 2.61. The van der Waals surface area contributed by atoms with E-state index in [9.17, 15) is 9.90 Å². The first kappa shape index (κ1) is 16.5. The van der Waals surface area contributed by atoms with Crippen LogP contribution in [0.3, 0.4) is 0 Å². The molecule has 3 rings (SSSR count). The lowest BCUT2D eigenvalue weighted by molar-refractivity contribution is 0.0699. The molecule has 3 aromatic rings. The van der Waals surface area contributed by atoms with E-state index in [0.29, 0.717) is 23.3 Å². The fourth-order valence-corrected chi connectivity index (χ4v) is 2.14. The minimum atomic E-state index is -0.970. The standard InChI is InChI=1S/C17H13NO3.C2H6/c19-17(20)14-8-9-18-16-7-6-13(10-15(14)16)21-11-12-4-2-1-3-5-12;1-2/h1-10H,11H2,(H,19,20);1-2H3. The zero-order valence-electron chi connectivity index (χ0n) is 13.2. The first-order chi connectivity index (χ1) is 11.2. The number of carbonyl (C=O) groups is 1. The Bertz CT molecular complexity index is 785. The van der Waals surface area contributed by atoms with Gasteiger partial charge in [0.15, 0.2) is 0 Å². The molecule has 0 aliphatic rings. The summed E-state index contributed by atoms with van der Waals surface area (Å²) in [5.74, 6) is -0.343. The lowest BCUT2D eigenvalue weighted by Gasteiger charge is -2.08. The Kier molecular flexibility index (Phi) is 5.69. The summed E-state index contributed by atoms with van der Waals surface area (Å²) < 4.78 is 5.71. The number of aromatic nitrogens is 1. The van der Waals surface area contributed by atoms with Crippen LogP contribution in [0.25, 0.3) is 10.9 Å². The molecule has 23 heavy (non-hydrogen) atoms. The highest BCUT2D eigenvalue weighted by molar-refractivity contribution is 6.02. The van der Waals surface area contributed by atoms with Gasteiger partial charge in [0.05, 0.1) is 11.1 Å². The van der Waals surface area contributed by atoms with Gasteiger partial charge in [0, 0.05) is 11.6 Å². The van der Waals surface area contributed by atoms with Gasteiger partial charge in [-0.05, 0) is 29.8 Å². The Balaban J connectivity index is 0.000000924. The van der Waals surface area contributed by atoms with Crippen LogP contribution >= 0.6 is 0 Å². The molecule has 0 fully saturated rings. The zero-order valence-corrected chi connectivity index (χ0v) is 13.2. The molecule has 0 saturated carbocycles. The summed E-state index contributed by atoms with van der Waals surface area (Å²) in [7, 11) is 0. The largest absolute Gasteiger partial charge is 0.489 e. The maximum absolute atomic E-state index is 11.2. The van der Waals surface area contributed by atoms with E-state index in [1.807, 2.05) is 44.2 Å². The van der Waals surface area contributed by atoms with Crippen molar-refractivity contribution in [1.82, 2.24) is 4.98 Å². The van der Waals surface area contributed by atoms with Gasteiger partial charge in [-0.25, -0.2) is 4.79 Å². The maximum atomic E-state index is 11.2. The molecule has 118 valence electrons. The van der Waals surface area contributed by atoms with Gasteiger partial charge < -0.3 is 9.84 Å². The minimum Gasteiger partial charge on any atom is -0.489 e. The van der Waals surface area contributed by atoms with Gasteiger partial charge in [-0.3, -0.25) is 4.98 Å². The van der Waals surface area contributed by atoms with Crippen LogP contribution < -0.4 is 4.74 Å². The van der Waals surface area contributed by atoms with Crippen molar-refractivity contribution < 1.29 is 14.6 Å². The Morgan fingerprint density at radius 1 is 1.09 bits per heavy atom. The van der Waals surface area contributed by atoms with E-state index in [4.69, 9.17) is 4.74 Å². The molecule has 0 bridgehead atoms. The van der Waals surface area contributed by atoms with Crippen molar-refractivity contribution in [2.75, 3.05) is 0 Å². The SMILES string of the molecule is CC.O=C(O)c1ccnc2ccc(OCc3ccccc3)cc12. The molecule has 0 aliphatic heterocycles. The topological polar surface area (TPSA) is 59.4 Å². The molecule has 0 atom stereocenters. The average molecular weight is 309 g/mol. The van der Waals surface area contributed by atoms with Crippen LogP contribution in [0.4, 0.5) is 0 Å². The number of hydrogen-bond acceptors (Lipinski definition) is 3. The number of benzene rings is 2. The quantitative estimate of drug-likeness (QED) is 0.768. The highest BCUT2D eigenvalue weighted by atomic mass is 16.5. The van der Waals surface area contributed by atoms with Crippen molar-refractivity contribution >= 4 is 16.9 Å². The molecule has 1 heterocycles. The number of pyridine rings is 1. The van der Waals surface area contributed by atoms with Gasteiger partial charge in [0.1, 0.15) is 12.4 Å². The lowest BCUT2D eigenvalue weighted by Crippen LogP contribution is -1.99. The summed E-state index contributed by atoms with van der Waals surface area (Å²) in [5.41, 5.74) is 1.93. The number of carboxylic acid groups (broad SMARTS) is 1. The maximum Gasteiger partial charge on any atom is 0.336 e. The van der Waals surface area contributed by atoms with Crippen LogP contribution in [0.15, 0.2) is 60.8 Å². The second-order valence-electron chi connectivity index (χ2n) is 4.62. The molecule has 1 aromatic heterocycles. The first-order valence-corrected chi connectivity index (χ1v) is 7.53. The van der Waals surface area contributed by atoms with Gasteiger partial charge in [-0.2, -0.15) is 0 Å². The van der Waals surface area contributed by atoms with E-state index in [1.165, 1.54) is 12.3 Å². The highest BCUT2D eigenvalue weighted by Gasteiger charge is 2.09. The molecule has 0 radical (unpaired) electrons. The van der Waals surface area contributed by atoms with Gasteiger partial charge in [-0.15, -0.1) is 0 Å². The molecule has 0 amide bonds. The molecule has 4 nitrogen and oxygen atoms in total. The Morgan fingerprint density at radius 3 is 2.52 bits per heavy atom. The molecule has 0 saturated heterocycles. The number of hydrogen-bond donors (Lipinski definition) is 1. The second-order valence-corrected chi connectivity index (χ2v) is 4.62. The molecule has 0 unspecified atom stereocenters. The van der Waals surface area contributed by atoms with E-state index < -0.39 is 5.97 Å². The summed E-state index contributed by atoms with van der Waals surface area (Å²) in [6.07, 6.45) is 1.50. The number of carboxylic acids is 1. The molecule has 0 aliphatic carbocycles. The summed E-state index contributed by atoms with van der Waals surface area (Å²) in [6, 6.07) is 16.6. The van der Waals surface area contributed by atoms with Crippen LogP contribution in [-0.4, -0.2) is 16.1 Å². The van der Waals surface area contributed by atoms with Crippen LogP contribution in [0.5, 0.6) is 5.75 Å². The van der Waals surface area contributed by atoms with E-state index in [2.05, 4.69) is 4.98 Å². The molecule has 2 aromatic carbocycles. The number of fused-ring (bicyclic) bond motifs is 1. The van der Waals surface area contributed by atoms with E-state index in [-0.39, 0.29) is 5.56 Å². The Morgan fingerprint density at radius 2 is 1.83 bits per heavy atom. The van der Waals surface area contributed by atoms with Crippen molar-refractivity contribution in [2.45, 2.75) is 20.5 Å². The summed E-state index contributed by atoms with van der Waals surface area (Å²) in [5, 5.41) is 9.79. The van der Waals surface area contributed by atoms with E-state index in [1.54, 1.807) is 18.2 Å². The predicted octanol–water partition coefficient (Wildman–Crippen LogP) is 4.54. The number of ether oxygens (including phenoxy) is 1. The van der Waals surface area contributed by atoms with Gasteiger partial charge in [-0.1, -0.05) is 44.2 Å². The monoisotopic (exact) mass is 309 g/mol. The molecule has 1 N–H and O–H groups in total. The smallest absolute Gasteiger partial charge is 0.336 e. The highest BCUT2D eigenvalue weighted by Crippen LogP contribution is 2.23. The minimum absolute atomic E-state index is 0.227. The van der Waals surface area contributed by atoms with Crippen LogP contribution in [-0.2, 0) is 6.61 Å². The van der Waals surface area contributed by atoms with Crippen LogP contribution in [0.1, 0.15) is 29.8 Å². The van der Waals surface area contributed by atoms with Gasteiger partial charge in [0.2, 0.25) is 0 Å². The summed E-state index contributed by atoms with van der Waals surface area (Å²) in [4.78, 5) is 15.4. The van der Waals surface area contributed by atoms with Crippen molar-refractivity contribution in [1.29, 1.82) is 0 Å². The van der Waals surface area contributed by atoms with Crippen molar-refractivity contribution in [2.24, 2.45) is 0 Å². The third-order valence-electron chi connectivity index (χ3n) is 3.19. The van der Waals surface area contributed by atoms with Crippen LogP contribution in [0, 0.1) is 0 Å². The summed E-state index contributed by atoms with van der Waals surface area (Å²) in [6.45, 7) is 4.44. The first-order valence-electron chi connectivity index (χ1n) is 7.53. The van der Waals surface area contributed by atoms with Crippen LogP contribution in [0.2, 0.25) is 0 Å². The van der Waals surface area contributed by atoms with Crippen molar-refractivity contribution in [3.63, 3.8) is 0 Å². The Hall–Kier alpha value is -2.88. The number of aromatic carboxylic acids is 1. The second kappa shape index (κ2) is 7.94. The fourth-order valence-electron chi connectivity index (χ4n) is 2.14. The van der Waals surface area contributed by atoms with E-state index in [0.717, 1.165) is 5.56 Å². The molecule has 0 spiro atoms. The Labute approximate surface area is 135 Å². The van der Waals surface area contributed by atoms with Gasteiger partial charge in [0.25, 0.3) is 0 Å². The third-order valence-corrected chi connectivity index (χ3v) is 3.19. The zero-order chi connectivity index (χ0) is 16.7. The number of nitrogens with zero attached hydrogens (tertiary/aromatic N) is 1. The number of rotatable bonds is 4. The van der Waals surface area contributed by atoms with E-state index >= 15 is 0 Å². The molecule has 4 heteroatoms. The fraction of sp³-hybridized carbons (Fsp3) is 0.158.